The van der Waals surface area contributed by atoms with E-state index in [0.717, 1.165) is 12.8 Å². The van der Waals surface area contributed by atoms with Crippen LogP contribution in [0.25, 0.3) is 0 Å². The van der Waals surface area contributed by atoms with Crippen LogP contribution >= 0.6 is 15.9 Å². The third-order valence-electron chi connectivity index (χ3n) is 3.77. The molecule has 1 saturated carbocycles. The standard InChI is InChI=1S/C16H17BrN2O4/c1-22-13-5-4-11(8-12(13)17)15(21)23-9-14(20)19-16(10-18)6-2-3-7-16/h4-5,8H,2-3,6-7,9H2,1H3,(H,19,20). The minimum atomic E-state index is -0.813. The molecule has 1 amide bonds. The maximum absolute atomic E-state index is 12.0. The van der Waals surface area contributed by atoms with Crippen LogP contribution in [0.1, 0.15) is 36.0 Å². The number of rotatable bonds is 5. The normalized spacial score (nSPS) is 15.5. The predicted molar refractivity (Wildman–Crippen MR) is 85.9 cm³/mol. The number of nitriles is 1. The number of nitrogens with one attached hydrogen (secondary N) is 1. The summed E-state index contributed by atoms with van der Waals surface area (Å²) in [5.41, 5.74) is -0.506. The van der Waals surface area contributed by atoms with Crippen molar-refractivity contribution in [1.82, 2.24) is 5.32 Å². The molecule has 7 heteroatoms. The molecule has 1 fully saturated rings. The Balaban J connectivity index is 1.90. The van der Waals surface area contributed by atoms with E-state index in [1.807, 2.05) is 0 Å². The Hall–Kier alpha value is -2.07. The summed E-state index contributed by atoms with van der Waals surface area (Å²) in [4.78, 5) is 23.9. The van der Waals surface area contributed by atoms with E-state index in [2.05, 4.69) is 27.3 Å². The van der Waals surface area contributed by atoms with E-state index in [1.54, 1.807) is 18.2 Å². The molecule has 0 radical (unpaired) electrons. The summed E-state index contributed by atoms with van der Waals surface area (Å²) in [7, 11) is 1.52. The first-order valence-corrected chi connectivity index (χ1v) is 8.02. The van der Waals surface area contributed by atoms with Crippen LogP contribution in [0.5, 0.6) is 5.75 Å². The maximum Gasteiger partial charge on any atom is 0.338 e. The second-order valence-electron chi connectivity index (χ2n) is 5.37. The zero-order valence-corrected chi connectivity index (χ0v) is 14.3. The van der Waals surface area contributed by atoms with Crippen LogP contribution in [-0.2, 0) is 9.53 Å². The molecule has 122 valence electrons. The van der Waals surface area contributed by atoms with Gasteiger partial charge in [0.1, 0.15) is 11.3 Å². The Morgan fingerprint density at radius 2 is 2.09 bits per heavy atom. The lowest BCUT2D eigenvalue weighted by Gasteiger charge is -2.21. The Labute approximate surface area is 142 Å². The van der Waals surface area contributed by atoms with E-state index >= 15 is 0 Å². The minimum Gasteiger partial charge on any atom is -0.496 e. The monoisotopic (exact) mass is 380 g/mol. The van der Waals surface area contributed by atoms with Crippen molar-refractivity contribution in [3.63, 3.8) is 0 Å². The number of benzene rings is 1. The molecule has 0 spiro atoms. The number of nitrogens with zero attached hydrogens (tertiary/aromatic N) is 1. The molecule has 0 heterocycles. The number of hydrogen-bond donors (Lipinski definition) is 1. The summed E-state index contributed by atoms with van der Waals surface area (Å²) in [6, 6.07) is 6.90. The highest BCUT2D eigenvalue weighted by atomic mass is 79.9. The smallest absolute Gasteiger partial charge is 0.338 e. The first-order chi connectivity index (χ1) is 11.0. The summed E-state index contributed by atoms with van der Waals surface area (Å²) in [6.45, 7) is -0.411. The van der Waals surface area contributed by atoms with Crippen molar-refractivity contribution in [1.29, 1.82) is 5.26 Å². The highest BCUT2D eigenvalue weighted by Gasteiger charge is 2.35. The van der Waals surface area contributed by atoms with Crippen LogP contribution < -0.4 is 10.1 Å². The van der Waals surface area contributed by atoms with Crippen molar-refractivity contribution in [3.8, 4) is 11.8 Å². The molecular formula is C16H17BrN2O4. The molecule has 0 atom stereocenters. The zero-order valence-electron chi connectivity index (χ0n) is 12.7. The van der Waals surface area contributed by atoms with Gasteiger partial charge in [-0.2, -0.15) is 5.26 Å². The van der Waals surface area contributed by atoms with Gasteiger partial charge in [0.25, 0.3) is 5.91 Å². The first-order valence-electron chi connectivity index (χ1n) is 7.22. The van der Waals surface area contributed by atoms with Crippen molar-refractivity contribution in [2.45, 2.75) is 31.2 Å². The van der Waals surface area contributed by atoms with Crippen LogP contribution in [0, 0.1) is 11.3 Å². The second kappa shape index (κ2) is 7.47. The van der Waals surface area contributed by atoms with E-state index in [0.29, 0.717) is 28.6 Å². The van der Waals surface area contributed by atoms with Gasteiger partial charge >= 0.3 is 5.97 Å². The molecule has 0 aliphatic heterocycles. The van der Waals surface area contributed by atoms with Crippen LogP contribution in [0.15, 0.2) is 22.7 Å². The first kappa shape index (κ1) is 17.3. The van der Waals surface area contributed by atoms with Crippen molar-refractivity contribution in [3.05, 3.63) is 28.2 Å². The van der Waals surface area contributed by atoms with E-state index in [4.69, 9.17) is 9.47 Å². The highest BCUT2D eigenvalue weighted by molar-refractivity contribution is 9.10. The van der Waals surface area contributed by atoms with Crippen LogP contribution in [-0.4, -0.2) is 31.1 Å². The van der Waals surface area contributed by atoms with Gasteiger partial charge in [0.2, 0.25) is 0 Å². The van der Waals surface area contributed by atoms with Gasteiger partial charge in [-0.1, -0.05) is 0 Å². The molecule has 1 aliphatic carbocycles. The number of hydrogen-bond acceptors (Lipinski definition) is 5. The summed E-state index contributed by atoms with van der Waals surface area (Å²) in [5.74, 6) is -0.480. The lowest BCUT2D eigenvalue weighted by Crippen LogP contribution is -2.46. The minimum absolute atomic E-state index is 0.307. The molecule has 23 heavy (non-hydrogen) atoms. The number of carbonyl (C=O) groups is 2. The van der Waals surface area contributed by atoms with Gasteiger partial charge in [-0.15, -0.1) is 0 Å². The van der Waals surface area contributed by atoms with Gasteiger partial charge in [0.15, 0.2) is 6.61 Å². The van der Waals surface area contributed by atoms with Gasteiger partial charge in [0.05, 0.1) is 23.2 Å². The molecule has 2 rings (SSSR count). The van der Waals surface area contributed by atoms with Crippen molar-refractivity contribution in [2.24, 2.45) is 0 Å². The van der Waals surface area contributed by atoms with Crippen molar-refractivity contribution < 1.29 is 19.1 Å². The fraction of sp³-hybridized carbons (Fsp3) is 0.438. The number of amides is 1. The molecular weight excluding hydrogens is 364 g/mol. The molecule has 6 nitrogen and oxygen atoms in total. The van der Waals surface area contributed by atoms with Crippen LogP contribution in [0.3, 0.4) is 0 Å². The fourth-order valence-corrected chi connectivity index (χ4v) is 3.09. The van der Waals surface area contributed by atoms with Gasteiger partial charge in [-0.05, 0) is 59.8 Å². The van der Waals surface area contributed by atoms with Gasteiger partial charge < -0.3 is 14.8 Å². The van der Waals surface area contributed by atoms with E-state index in [-0.39, 0.29) is 0 Å². The summed E-state index contributed by atoms with van der Waals surface area (Å²) >= 11 is 3.28. The maximum atomic E-state index is 12.0. The van der Waals surface area contributed by atoms with Gasteiger partial charge in [0, 0.05) is 0 Å². The quantitative estimate of drug-likeness (QED) is 0.792. The Morgan fingerprint density at radius 3 is 2.65 bits per heavy atom. The lowest BCUT2D eigenvalue weighted by atomic mass is 10.00. The second-order valence-corrected chi connectivity index (χ2v) is 6.23. The number of halogens is 1. The Kier molecular flexibility index (Phi) is 5.61. The zero-order chi connectivity index (χ0) is 16.9. The molecule has 0 saturated heterocycles. The summed E-state index contributed by atoms with van der Waals surface area (Å²) in [5, 5.41) is 11.9. The predicted octanol–water partition coefficient (Wildman–Crippen LogP) is 2.57. The van der Waals surface area contributed by atoms with Crippen LogP contribution in [0.2, 0.25) is 0 Å². The SMILES string of the molecule is COc1ccc(C(=O)OCC(=O)NC2(C#N)CCCC2)cc1Br. The molecule has 1 aromatic carbocycles. The highest BCUT2D eigenvalue weighted by Crippen LogP contribution is 2.29. The molecule has 0 bridgehead atoms. The number of ether oxygens (including phenoxy) is 2. The summed E-state index contributed by atoms with van der Waals surface area (Å²) < 4.78 is 10.7. The van der Waals surface area contributed by atoms with E-state index in [1.165, 1.54) is 7.11 Å². The van der Waals surface area contributed by atoms with E-state index < -0.39 is 24.0 Å². The average Bonchev–Trinajstić information content (AvgIpc) is 3.01. The third kappa shape index (κ3) is 4.23. The lowest BCUT2D eigenvalue weighted by molar-refractivity contribution is -0.125. The van der Waals surface area contributed by atoms with Crippen molar-refractivity contribution in [2.75, 3.05) is 13.7 Å². The topological polar surface area (TPSA) is 88.4 Å². The third-order valence-corrected chi connectivity index (χ3v) is 4.39. The molecule has 1 N–H and O–H groups in total. The number of esters is 1. The molecule has 1 aliphatic rings. The van der Waals surface area contributed by atoms with Gasteiger partial charge in [-0.3, -0.25) is 4.79 Å². The average molecular weight is 381 g/mol. The number of carbonyl (C=O) groups excluding carboxylic acids is 2. The fourth-order valence-electron chi connectivity index (χ4n) is 2.55. The summed E-state index contributed by atoms with van der Waals surface area (Å²) in [6.07, 6.45) is 3.09. The molecule has 0 aromatic heterocycles. The largest absolute Gasteiger partial charge is 0.496 e. The van der Waals surface area contributed by atoms with Crippen molar-refractivity contribution >= 4 is 27.8 Å². The Morgan fingerprint density at radius 1 is 1.39 bits per heavy atom. The van der Waals surface area contributed by atoms with Gasteiger partial charge in [-0.25, -0.2) is 4.79 Å². The molecule has 1 aromatic rings. The number of methoxy groups -OCH3 is 1. The van der Waals surface area contributed by atoms with Crippen LogP contribution in [0.4, 0.5) is 0 Å². The Bertz CT molecular complexity index is 648. The van der Waals surface area contributed by atoms with E-state index in [9.17, 15) is 14.9 Å². The molecule has 0 unspecified atom stereocenters.